The number of rotatable bonds is 63. The van der Waals surface area contributed by atoms with E-state index in [1.165, 1.54) is 225 Å². The number of ether oxygens (including phenoxy) is 3. The van der Waals surface area contributed by atoms with Crippen LogP contribution in [0.3, 0.4) is 0 Å². The normalized spacial score (nSPS) is 12.4. The summed E-state index contributed by atoms with van der Waals surface area (Å²) in [6.45, 7) is 6.55. The number of unbranched alkanes of at least 4 members (excludes halogenated alkanes) is 42. The van der Waals surface area contributed by atoms with Crippen molar-refractivity contribution in [2.24, 2.45) is 0 Å². The molecule has 6 heteroatoms. The van der Waals surface area contributed by atoms with Crippen molar-refractivity contribution in [2.75, 3.05) is 13.2 Å². The third-order valence-electron chi connectivity index (χ3n) is 15.3. The van der Waals surface area contributed by atoms with Crippen LogP contribution in [0.15, 0.2) is 60.8 Å². The molecule has 0 fully saturated rings. The SMILES string of the molecule is CC/C=C\C/C=C\C/C=C\C/C=C\C/C=C\CCCCCCCCCC(=O)OC(COC(=O)CCCCCCCCCCC)COC(=O)CCCCCCCCCCCCCCCCCCCCCCCCCCCCCC. The van der Waals surface area contributed by atoms with Gasteiger partial charge in [-0.2, -0.15) is 0 Å². The summed E-state index contributed by atoms with van der Waals surface area (Å²) in [5.74, 6) is -0.868. The fourth-order valence-corrected chi connectivity index (χ4v) is 10.2. The fourth-order valence-electron chi connectivity index (χ4n) is 10.2. The van der Waals surface area contributed by atoms with Gasteiger partial charge in [0.25, 0.3) is 0 Å². The van der Waals surface area contributed by atoms with Crippen LogP contribution in [0.2, 0.25) is 0 Å². The van der Waals surface area contributed by atoms with Gasteiger partial charge in [0.15, 0.2) is 6.10 Å². The highest BCUT2D eigenvalue weighted by atomic mass is 16.6. The summed E-state index contributed by atoms with van der Waals surface area (Å²) >= 11 is 0. The van der Waals surface area contributed by atoms with Crippen molar-refractivity contribution in [3.05, 3.63) is 60.8 Å². The highest BCUT2D eigenvalue weighted by Gasteiger charge is 2.19. The highest BCUT2D eigenvalue weighted by Crippen LogP contribution is 2.18. The molecule has 0 heterocycles. The van der Waals surface area contributed by atoms with Crippen molar-refractivity contribution in [1.82, 2.24) is 0 Å². The summed E-state index contributed by atoms with van der Waals surface area (Å²) in [5.41, 5.74) is 0. The van der Waals surface area contributed by atoms with Gasteiger partial charge in [-0.1, -0.05) is 338 Å². The van der Waals surface area contributed by atoms with E-state index < -0.39 is 6.10 Å². The van der Waals surface area contributed by atoms with E-state index in [4.69, 9.17) is 14.2 Å². The molecule has 454 valence electrons. The minimum absolute atomic E-state index is 0.0744. The molecule has 0 aliphatic heterocycles. The number of hydrogen-bond donors (Lipinski definition) is 0. The van der Waals surface area contributed by atoms with Crippen molar-refractivity contribution in [1.29, 1.82) is 0 Å². The van der Waals surface area contributed by atoms with Crippen LogP contribution in [-0.2, 0) is 28.6 Å². The smallest absolute Gasteiger partial charge is 0.306 e. The maximum absolute atomic E-state index is 12.9. The number of hydrogen-bond acceptors (Lipinski definition) is 6. The minimum Gasteiger partial charge on any atom is -0.462 e. The average Bonchev–Trinajstić information content (AvgIpc) is 3.44. The average molecular weight is 1090 g/mol. The maximum atomic E-state index is 12.9. The molecule has 0 bridgehead atoms. The summed E-state index contributed by atoms with van der Waals surface area (Å²) in [6.07, 6.45) is 85.5. The first-order chi connectivity index (χ1) is 38.5. The van der Waals surface area contributed by atoms with Gasteiger partial charge in [-0.05, 0) is 64.2 Å². The summed E-state index contributed by atoms with van der Waals surface area (Å²) in [6, 6.07) is 0. The number of allylic oxidation sites excluding steroid dienone is 10. The second kappa shape index (κ2) is 66.6. The van der Waals surface area contributed by atoms with E-state index in [9.17, 15) is 14.4 Å². The largest absolute Gasteiger partial charge is 0.462 e. The van der Waals surface area contributed by atoms with Crippen molar-refractivity contribution in [2.45, 2.75) is 367 Å². The van der Waals surface area contributed by atoms with Gasteiger partial charge in [0.1, 0.15) is 13.2 Å². The topological polar surface area (TPSA) is 78.9 Å². The summed E-state index contributed by atoms with van der Waals surface area (Å²) < 4.78 is 16.9. The van der Waals surface area contributed by atoms with Crippen LogP contribution in [-0.4, -0.2) is 37.2 Å². The molecule has 0 aromatic heterocycles. The van der Waals surface area contributed by atoms with Crippen LogP contribution < -0.4 is 0 Å². The molecular formula is C72H130O6. The molecule has 0 aromatic rings. The minimum atomic E-state index is -0.778. The first kappa shape index (κ1) is 75.1. The first-order valence-corrected chi connectivity index (χ1v) is 34.3. The Morgan fingerprint density at radius 2 is 0.500 bits per heavy atom. The van der Waals surface area contributed by atoms with E-state index in [-0.39, 0.29) is 31.1 Å². The Bertz CT molecular complexity index is 1390. The van der Waals surface area contributed by atoms with Crippen molar-refractivity contribution >= 4 is 17.9 Å². The lowest BCUT2D eigenvalue weighted by Crippen LogP contribution is -2.30. The quantitative estimate of drug-likeness (QED) is 0.0261. The zero-order valence-electron chi connectivity index (χ0n) is 52.2. The monoisotopic (exact) mass is 1090 g/mol. The van der Waals surface area contributed by atoms with E-state index in [1.807, 2.05) is 0 Å². The van der Waals surface area contributed by atoms with Crippen molar-refractivity contribution < 1.29 is 28.6 Å². The van der Waals surface area contributed by atoms with Gasteiger partial charge in [0, 0.05) is 19.3 Å². The second-order valence-corrected chi connectivity index (χ2v) is 23.1. The van der Waals surface area contributed by atoms with E-state index >= 15 is 0 Å². The number of carbonyl (C=O) groups is 3. The van der Waals surface area contributed by atoms with Gasteiger partial charge < -0.3 is 14.2 Å². The maximum Gasteiger partial charge on any atom is 0.306 e. The molecule has 0 radical (unpaired) electrons. The second-order valence-electron chi connectivity index (χ2n) is 23.1. The predicted molar refractivity (Wildman–Crippen MR) is 339 cm³/mol. The molecule has 0 rings (SSSR count). The standard InChI is InChI=1S/C72H130O6/c1-4-7-10-13-16-19-21-23-25-27-29-31-33-34-35-36-37-39-40-42-44-46-48-50-53-56-59-62-65-71(74)77-68-69(67-76-70(73)64-61-58-55-52-18-15-12-9-6-3)78-72(75)66-63-60-57-54-51-49-47-45-43-41-38-32-30-28-26-24-22-20-17-14-11-8-5-2/h8,11,17,20,24,26,30,32,41,43,69H,4-7,9-10,12-16,18-19,21-23,25,27-29,31,33-40,42,44-68H2,1-3H3/b11-8-,20-17-,26-24-,32-30-,43-41-. The Morgan fingerprint density at radius 1 is 0.269 bits per heavy atom. The predicted octanol–water partition coefficient (Wildman–Crippen LogP) is 23.5. The summed E-state index contributed by atoms with van der Waals surface area (Å²) in [4.78, 5) is 38.2. The molecule has 0 spiro atoms. The lowest BCUT2D eigenvalue weighted by atomic mass is 10.0. The molecule has 0 aromatic carbocycles. The van der Waals surface area contributed by atoms with Crippen molar-refractivity contribution in [3.8, 4) is 0 Å². The van der Waals surface area contributed by atoms with E-state index in [1.54, 1.807) is 0 Å². The van der Waals surface area contributed by atoms with Gasteiger partial charge in [0.2, 0.25) is 0 Å². The van der Waals surface area contributed by atoms with Crippen LogP contribution in [0, 0.1) is 0 Å². The Balaban J connectivity index is 4.14. The summed E-state index contributed by atoms with van der Waals surface area (Å²) in [7, 11) is 0. The molecule has 0 amide bonds. The molecule has 0 N–H and O–H groups in total. The van der Waals surface area contributed by atoms with Crippen molar-refractivity contribution in [3.63, 3.8) is 0 Å². The molecule has 0 aliphatic rings. The van der Waals surface area contributed by atoms with Crippen LogP contribution in [0.1, 0.15) is 361 Å². The number of carbonyl (C=O) groups excluding carboxylic acids is 3. The van der Waals surface area contributed by atoms with Gasteiger partial charge in [-0.3, -0.25) is 14.4 Å². The molecule has 78 heavy (non-hydrogen) atoms. The molecular weight excluding hydrogens is 961 g/mol. The third-order valence-corrected chi connectivity index (χ3v) is 15.3. The van der Waals surface area contributed by atoms with Crippen LogP contribution >= 0.6 is 0 Å². The zero-order chi connectivity index (χ0) is 56.4. The van der Waals surface area contributed by atoms with E-state index in [2.05, 4.69) is 81.5 Å². The van der Waals surface area contributed by atoms with Gasteiger partial charge in [-0.15, -0.1) is 0 Å². The Kier molecular flexibility index (Phi) is 64.2. The van der Waals surface area contributed by atoms with Gasteiger partial charge >= 0.3 is 17.9 Å². The molecule has 6 nitrogen and oxygen atoms in total. The molecule has 0 aliphatic carbocycles. The Hall–Kier alpha value is -2.89. The first-order valence-electron chi connectivity index (χ1n) is 34.3. The zero-order valence-corrected chi connectivity index (χ0v) is 52.2. The van der Waals surface area contributed by atoms with E-state index in [0.717, 1.165) is 96.3 Å². The Morgan fingerprint density at radius 3 is 0.782 bits per heavy atom. The van der Waals surface area contributed by atoms with Crippen LogP contribution in [0.25, 0.3) is 0 Å². The van der Waals surface area contributed by atoms with Crippen LogP contribution in [0.4, 0.5) is 0 Å². The molecule has 0 saturated carbocycles. The summed E-state index contributed by atoms with van der Waals surface area (Å²) in [5, 5.41) is 0. The Labute approximate surface area is 485 Å². The third kappa shape index (κ3) is 63.9. The van der Waals surface area contributed by atoms with Crippen LogP contribution in [0.5, 0.6) is 0 Å². The lowest BCUT2D eigenvalue weighted by Gasteiger charge is -2.18. The highest BCUT2D eigenvalue weighted by molar-refractivity contribution is 5.71. The van der Waals surface area contributed by atoms with E-state index in [0.29, 0.717) is 19.3 Å². The lowest BCUT2D eigenvalue weighted by molar-refractivity contribution is -0.167. The van der Waals surface area contributed by atoms with Gasteiger partial charge in [-0.25, -0.2) is 0 Å². The molecule has 1 atom stereocenters. The molecule has 0 saturated heterocycles. The number of esters is 3. The van der Waals surface area contributed by atoms with Gasteiger partial charge in [0.05, 0.1) is 0 Å². The fraction of sp³-hybridized carbons (Fsp3) is 0.819. The molecule has 1 unspecified atom stereocenters.